The molecule has 1 saturated heterocycles. The third-order valence-electron chi connectivity index (χ3n) is 3.53. The van der Waals surface area contributed by atoms with Crippen LogP contribution in [-0.2, 0) is 11.3 Å². The lowest BCUT2D eigenvalue weighted by atomic mass is 10.1. The molecule has 0 bridgehead atoms. The van der Waals surface area contributed by atoms with Gasteiger partial charge in [0, 0.05) is 38.3 Å². The third kappa shape index (κ3) is 3.72. The van der Waals surface area contributed by atoms with E-state index in [9.17, 15) is 9.59 Å². The van der Waals surface area contributed by atoms with Gasteiger partial charge in [0.1, 0.15) is 0 Å². The second-order valence-electron chi connectivity index (χ2n) is 4.88. The van der Waals surface area contributed by atoms with Crippen LogP contribution in [0.25, 0.3) is 0 Å². The van der Waals surface area contributed by atoms with Crippen molar-refractivity contribution in [1.82, 2.24) is 9.80 Å². The Morgan fingerprint density at radius 2 is 1.67 bits per heavy atom. The molecular formula is C15H21N3O3. The SMILES string of the molecule is CCOC(=O)N1CCN(C(=O)c2ccc(CN)cc2)CC1. The van der Waals surface area contributed by atoms with Crippen molar-refractivity contribution in [3.63, 3.8) is 0 Å². The van der Waals surface area contributed by atoms with Crippen molar-refractivity contribution in [2.24, 2.45) is 5.73 Å². The minimum absolute atomic E-state index is 0.0120. The largest absolute Gasteiger partial charge is 0.450 e. The molecule has 6 heteroatoms. The molecule has 0 unspecified atom stereocenters. The molecular weight excluding hydrogens is 270 g/mol. The molecule has 1 aromatic rings. The summed E-state index contributed by atoms with van der Waals surface area (Å²) >= 11 is 0. The molecule has 0 spiro atoms. The van der Waals surface area contributed by atoms with E-state index in [2.05, 4.69) is 0 Å². The molecule has 6 nitrogen and oxygen atoms in total. The Labute approximate surface area is 124 Å². The van der Waals surface area contributed by atoms with Crippen LogP contribution < -0.4 is 5.73 Å². The van der Waals surface area contributed by atoms with Gasteiger partial charge in [-0.25, -0.2) is 4.79 Å². The molecule has 0 saturated carbocycles. The Balaban J connectivity index is 1.92. The van der Waals surface area contributed by atoms with Crippen molar-refractivity contribution < 1.29 is 14.3 Å². The minimum Gasteiger partial charge on any atom is -0.450 e. The van der Waals surface area contributed by atoms with Crippen molar-refractivity contribution in [3.05, 3.63) is 35.4 Å². The van der Waals surface area contributed by atoms with Crippen molar-refractivity contribution in [3.8, 4) is 0 Å². The Hall–Kier alpha value is -2.08. The fourth-order valence-electron chi connectivity index (χ4n) is 2.27. The van der Waals surface area contributed by atoms with Crippen LogP contribution in [0.5, 0.6) is 0 Å². The van der Waals surface area contributed by atoms with Gasteiger partial charge in [0.25, 0.3) is 5.91 Å². The van der Waals surface area contributed by atoms with Gasteiger partial charge in [0.05, 0.1) is 6.61 Å². The average molecular weight is 291 g/mol. The predicted molar refractivity (Wildman–Crippen MR) is 78.8 cm³/mol. The van der Waals surface area contributed by atoms with Crippen LogP contribution in [0.4, 0.5) is 4.79 Å². The molecule has 0 radical (unpaired) electrons. The molecule has 1 aliphatic rings. The molecule has 21 heavy (non-hydrogen) atoms. The highest BCUT2D eigenvalue weighted by Gasteiger charge is 2.25. The number of carbonyl (C=O) groups excluding carboxylic acids is 2. The molecule has 114 valence electrons. The zero-order valence-electron chi connectivity index (χ0n) is 12.2. The summed E-state index contributed by atoms with van der Waals surface area (Å²) < 4.78 is 4.96. The first kappa shape index (κ1) is 15.3. The lowest BCUT2D eigenvalue weighted by Gasteiger charge is -2.34. The summed E-state index contributed by atoms with van der Waals surface area (Å²) in [6.45, 7) is 4.67. The summed E-state index contributed by atoms with van der Waals surface area (Å²) in [5.41, 5.74) is 7.19. The monoisotopic (exact) mass is 291 g/mol. The van der Waals surface area contributed by atoms with Crippen LogP contribution in [0.15, 0.2) is 24.3 Å². The summed E-state index contributed by atoms with van der Waals surface area (Å²) in [6.07, 6.45) is -0.308. The molecule has 0 atom stereocenters. The maximum absolute atomic E-state index is 12.4. The van der Waals surface area contributed by atoms with Crippen LogP contribution in [-0.4, -0.2) is 54.6 Å². The van der Waals surface area contributed by atoms with Crippen molar-refractivity contribution in [2.45, 2.75) is 13.5 Å². The molecule has 0 aromatic heterocycles. The van der Waals surface area contributed by atoms with Crippen molar-refractivity contribution >= 4 is 12.0 Å². The van der Waals surface area contributed by atoms with Crippen LogP contribution in [0, 0.1) is 0 Å². The van der Waals surface area contributed by atoms with Gasteiger partial charge in [-0.05, 0) is 24.6 Å². The zero-order chi connectivity index (χ0) is 15.2. The number of piperazine rings is 1. The van der Waals surface area contributed by atoms with Crippen LogP contribution in [0.3, 0.4) is 0 Å². The van der Waals surface area contributed by atoms with Crippen LogP contribution in [0.1, 0.15) is 22.8 Å². The Bertz CT molecular complexity index is 493. The summed E-state index contributed by atoms with van der Waals surface area (Å²) in [5.74, 6) is -0.0120. The molecule has 2 rings (SSSR count). The van der Waals surface area contributed by atoms with Gasteiger partial charge in [-0.1, -0.05) is 12.1 Å². The van der Waals surface area contributed by atoms with E-state index in [4.69, 9.17) is 10.5 Å². The highest BCUT2D eigenvalue weighted by atomic mass is 16.6. The molecule has 2 N–H and O–H groups in total. The number of ether oxygens (including phenoxy) is 1. The van der Waals surface area contributed by atoms with Crippen LogP contribution >= 0.6 is 0 Å². The third-order valence-corrected chi connectivity index (χ3v) is 3.53. The maximum Gasteiger partial charge on any atom is 0.409 e. The lowest BCUT2D eigenvalue weighted by molar-refractivity contribution is 0.0570. The number of rotatable bonds is 3. The van der Waals surface area contributed by atoms with Gasteiger partial charge in [-0.2, -0.15) is 0 Å². The number of nitrogens with two attached hydrogens (primary N) is 1. The topological polar surface area (TPSA) is 75.9 Å². The number of carbonyl (C=O) groups is 2. The number of hydrogen-bond acceptors (Lipinski definition) is 4. The Kier molecular flexibility index (Phi) is 5.16. The molecule has 1 aliphatic heterocycles. The molecule has 1 heterocycles. The smallest absolute Gasteiger partial charge is 0.409 e. The lowest BCUT2D eigenvalue weighted by Crippen LogP contribution is -2.50. The Morgan fingerprint density at radius 3 is 2.19 bits per heavy atom. The molecule has 1 fully saturated rings. The normalized spacial score (nSPS) is 15.0. The van der Waals surface area contributed by atoms with Crippen molar-refractivity contribution in [2.75, 3.05) is 32.8 Å². The van der Waals surface area contributed by atoms with E-state index in [1.165, 1.54) is 0 Å². The summed E-state index contributed by atoms with van der Waals surface area (Å²) in [7, 11) is 0. The zero-order valence-corrected chi connectivity index (χ0v) is 12.2. The summed E-state index contributed by atoms with van der Waals surface area (Å²) in [5, 5.41) is 0. The number of benzene rings is 1. The van der Waals surface area contributed by atoms with E-state index in [1.54, 1.807) is 28.9 Å². The van der Waals surface area contributed by atoms with E-state index in [0.29, 0.717) is 44.9 Å². The summed E-state index contributed by atoms with van der Waals surface area (Å²) in [4.78, 5) is 27.4. The maximum atomic E-state index is 12.4. The first-order valence-corrected chi connectivity index (χ1v) is 7.15. The van der Waals surface area contributed by atoms with Gasteiger partial charge < -0.3 is 20.3 Å². The van der Waals surface area contributed by atoms with Gasteiger partial charge in [-0.3, -0.25) is 4.79 Å². The fourth-order valence-corrected chi connectivity index (χ4v) is 2.27. The quantitative estimate of drug-likeness (QED) is 0.903. The molecule has 1 aromatic carbocycles. The van der Waals surface area contributed by atoms with Crippen molar-refractivity contribution in [1.29, 1.82) is 0 Å². The van der Waals surface area contributed by atoms with Gasteiger partial charge in [0.2, 0.25) is 0 Å². The minimum atomic E-state index is -0.308. The van der Waals surface area contributed by atoms with E-state index in [1.807, 2.05) is 12.1 Å². The van der Waals surface area contributed by atoms with E-state index < -0.39 is 0 Å². The average Bonchev–Trinajstić information content (AvgIpc) is 2.54. The number of hydrogen-bond donors (Lipinski definition) is 1. The van der Waals surface area contributed by atoms with Crippen LogP contribution in [0.2, 0.25) is 0 Å². The van der Waals surface area contributed by atoms with E-state index in [0.717, 1.165) is 5.56 Å². The first-order chi connectivity index (χ1) is 10.2. The van der Waals surface area contributed by atoms with Gasteiger partial charge in [0.15, 0.2) is 0 Å². The van der Waals surface area contributed by atoms with Gasteiger partial charge in [-0.15, -0.1) is 0 Å². The van der Waals surface area contributed by atoms with E-state index in [-0.39, 0.29) is 12.0 Å². The predicted octanol–water partition coefficient (Wildman–Crippen LogP) is 1.06. The first-order valence-electron chi connectivity index (χ1n) is 7.15. The number of amides is 2. The van der Waals surface area contributed by atoms with E-state index >= 15 is 0 Å². The standard InChI is InChI=1S/C15H21N3O3/c1-2-21-15(20)18-9-7-17(8-10-18)14(19)13-5-3-12(11-16)4-6-13/h3-6H,2,7-11,16H2,1H3. The van der Waals surface area contributed by atoms with Gasteiger partial charge >= 0.3 is 6.09 Å². The molecule has 0 aliphatic carbocycles. The Morgan fingerprint density at radius 1 is 1.10 bits per heavy atom. The number of nitrogens with zero attached hydrogens (tertiary/aromatic N) is 2. The summed E-state index contributed by atoms with van der Waals surface area (Å²) in [6, 6.07) is 7.31. The molecule has 2 amide bonds. The highest BCUT2D eigenvalue weighted by molar-refractivity contribution is 5.94. The second kappa shape index (κ2) is 7.08. The second-order valence-corrected chi connectivity index (χ2v) is 4.88. The fraction of sp³-hybridized carbons (Fsp3) is 0.467. The highest BCUT2D eigenvalue weighted by Crippen LogP contribution is 2.11.